The van der Waals surface area contributed by atoms with Crippen LogP contribution in [0.25, 0.3) is 0 Å². The summed E-state index contributed by atoms with van der Waals surface area (Å²) in [5.41, 5.74) is 2.48. The summed E-state index contributed by atoms with van der Waals surface area (Å²) in [6.45, 7) is 3.36. The summed E-state index contributed by atoms with van der Waals surface area (Å²) in [5, 5.41) is 2.89. The van der Waals surface area contributed by atoms with Crippen LogP contribution in [0.4, 0.5) is 11.4 Å². The van der Waals surface area contributed by atoms with Gasteiger partial charge in [-0.25, -0.2) is 8.42 Å². The average Bonchev–Trinajstić information content (AvgIpc) is 2.92. The maximum atomic E-state index is 13.4. The van der Waals surface area contributed by atoms with Gasteiger partial charge in [0.25, 0.3) is 15.9 Å². The topological polar surface area (TPSA) is 88.2 Å². The molecule has 1 saturated heterocycles. The highest BCUT2D eigenvalue weighted by molar-refractivity contribution is 7.92. The highest BCUT2D eigenvalue weighted by atomic mass is 32.2. The second-order valence-electron chi connectivity index (χ2n) is 8.41. The number of hydrogen-bond acceptors (Lipinski definition) is 6. The molecule has 1 N–H and O–H groups in total. The van der Waals surface area contributed by atoms with Crippen molar-refractivity contribution in [3.8, 4) is 5.75 Å². The van der Waals surface area contributed by atoms with E-state index < -0.39 is 16.1 Å². The Labute approximate surface area is 205 Å². The van der Waals surface area contributed by atoms with Crippen LogP contribution in [0.15, 0.2) is 83.8 Å². The fourth-order valence-corrected chi connectivity index (χ4v) is 5.73. The predicted octanol–water partition coefficient (Wildman–Crippen LogP) is 2.80. The second kappa shape index (κ2) is 9.97. The Hall–Kier alpha value is -3.56. The number of carbonyl (C=O) groups excluding carboxylic acids is 1. The predicted molar refractivity (Wildman–Crippen MR) is 133 cm³/mol. The molecule has 2 aliphatic heterocycles. The molecule has 0 bridgehead atoms. The van der Waals surface area contributed by atoms with Gasteiger partial charge in [-0.15, -0.1) is 0 Å². The third-order valence-electron chi connectivity index (χ3n) is 6.14. The van der Waals surface area contributed by atoms with Gasteiger partial charge in [0.05, 0.1) is 30.3 Å². The first-order valence-corrected chi connectivity index (χ1v) is 13.0. The molecule has 2 heterocycles. The molecule has 0 unspecified atom stereocenters. The zero-order valence-corrected chi connectivity index (χ0v) is 20.0. The highest BCUT2D eigenvalue weighted by Gasteiger charge is 2.37. The number of para-hydroxylation sites is 2. The first-order valence-electron chi connectivity index (χ1n) is 11.6. The van der Waals surface area contributed by atoms with Crippen molar-refractivity contribution >= 4 is 27.3 Å². The van der Waals surface area contributed by atoms with Gasteiger partial charge in [0.2, 0.25) is 0 Å². The van der Waals surface area contributed by atoms with Gasteiger partial charge in [-0.1, -0.05) is 42.5 Å². The minimum absolute atomic E-state index is 0.115. The molecule has 0 radical (unpaired) electrons. The highest BCUT2D eigenvalue weighted by Crippen LogP contribution is 2.36. The Morgan fingerprint density at radius 2 is 1.60 bits per heavy atom. The van der Waals surface area contributed by atoms with Gasteiger partial charge in [-0.3, -0.25) is 9.10 Å². The van der Waals surface area contributed by atoms with E-state index in [1.54, 1.807) is 54.6 Å². The molecular weight excluding hydrogens is 466 g/mol. The summed E-state index contributed by atoms with van der Waals surface area (Å²) in [6.07, 6.45) is -0.976. The van der Waals surface area contributed by atoms with Crippen molar-refractivity contribution in [1.82, 2.24) is 5.32 Å². The number of nitrogens with zero attached hydrogens (tertiary/aromatic N) is 2. The van der Waals surface area contributed by atoms with Crippen molar-refractivity contribution in [2.45, 2.75) is 17.5 Å². The van der Waals surface area contributed by atoms with Crippen molar-refractivity contribution in [1.29, 1.82) is 0 Å². The van der Waals surface area contributed by atoms with E-state index in [-0.39, 0.29) is 17.3 Å². The third kappa shape index (κ3) is 4.96. The van der Waals surface area contributed by atoms with E-state index in [2.05, 4.69) is 10.2 Å². The van der Waals surface area contributed by atoms with E-state index in [9.17, 15) is 13.2 Å². The lowest BCUT2D eigenvalue weighted by molar-refractivity contribution is -0.127. The fourth-order valence-electron chi connectivity index (χ4n) is 4.24. The number of nitrogens with one attached hydrogen (secondary N) is 1. The molecule has 35 heavy (non-hydrogen) atoms. The number of anilines is 2. The fraction of sp³-hybridized carbons (Fsp3) is 0.269. The molecule has 9 heteroatoms. The van der Waals surface area contributed by atoms with E-state index in [1.807, 2.05) is 24.3 Å². The number of morpholine rings is 1. The molecule has 1 fully saturated rings. The number of fused-ring (bicyclic) bond motifs is 1. The molecule has 182 valence electrons. The summed E-state index contributed by atoms with van der Waals surface area (Å²) < 4.78 is 39.3. The van der Waals surface area contributed by atoms with Crippen LogP contribution >= 0.6 is 0 Å². The summed E-state index contributed by atoms with van der Waals surface area (Å²) in [5.74, 6) is -0.0155. The van der Waals surface area contributed by atoms with Crippen LogP contribution in [0.2, 0.25) is 0 Å². The van der Waals surface area contributed by atoms with Gasteiger partial charge in [0.1, 0.15) is 5.75 Å². The molecule has 5 rings (SSSR count). The average molecular weight is 494 g/mol. The van der Waals surface area contributed by atoms with Crippen LogP contribution in [-0.4, -0.2) is 53.3 Å². The molecule has 3 aromatic carbocycles. The second-order valence-corrected chi connectivity index (χ2v) is 10.3. The van der Waals surface area contributed by atoms with Crippen LogP contribution in [0.1, 0.15) is 5.56 Å². The first-order chi connectivity index (χ1) is 17.0. The van der Waals surface area contributed by atoms with Crippen LogP contribution in [-0.2, 0) is 26.1 Å². The Balaban J connectivity index is 1.29. The Kier molecular flexibility index (Phi) is 6.61. The van der Waals surface area contributed by atoms with Crippen molar-refractivity contribution in [3.63, 3.8) is 0 Å². The van der Waals surface area contributed by atoms with Crippen LogP contribution in [0, 0.1) is 0 Å². The Morgan fingerprint density at radius 1 is 0.914 bits per heavy atom. The van der Waals surface area contributed by atoms with Crippen molar-refractivity contribution in [2.24, 2.45) is 0 Å². The van der Waals surface area contributed by atoms with Crippen LogP contribution in [0.5, 0.6) is 5.75 Å². The number of amides is 1. The summed E-state index contributed by atoms with van der Waals surface area (Å²) >= 11 is 0. The molecule has 0 spiro atoms. The summed E-state index contributed by atoms with van der Waals surface area (Å²) in [4.78, 5) is 15.5. The maximum absolute atomic E-state index is 13.4. The Bertz CT molecular complexity index is 1280. The standard InChI is InChI=1S/C26H27N3O5S/c30-26(27-18-20-10-12-21(13-11-20)28-14-16-33-17-15-28)25-19-29(23-8-4-5-9-24(23)34-25)35(31,32)22-6-2-1-3-7-22/h1-13,25H,14-19H2,(H,27,30)/t25-/m1/s1. The summed E-state index contributed by atoms with van der Waals surface area (Å²) in [6, 6.07) is 23.1. The van der Waals surface area contributed by atoms with Gasteiger partial charge in [0, 0.05) is 25.3 Å². The van der Waals surface area contributed by atoms with Crippen molar-refractivity contribution in [2.75, 3.05) is 42.1 Å². The number of carbonyl (C=O) groups is 1. The van der Waals surface area contributed by atoms with Crippen molar-refractivity contribution in [3.05, 3.63) is 84.4 Å². The molecule has 0 aromatic heterocycles. The van der Waals surface area contributed by atoms with E-state index in [1.165, 1.54) is 4.31 Å². The lowest BCUT2D eigenvalue weighted by Gasteiger charge is -2.34. The van der Waals surface area contributed by atoms with E-state index in [0.717, 1.165) is 37.6 Å². The number of ether oxygens (including phenoxy) is 2. The lowest BCUT2D eigenvalue weighted by atomic mass is 10.1. The smallest absolute Gasteiger partial charge is 0.264 e. The van der Waals surface area contributed by atoms with E-state index in [0.29, 0.717) is 18.0 Å². The molecule has 3 aromatic rings. The van der Waals surface area contributed by atoms with Gasteiger partial charge in [-0.2, -0.15) is 0 Å². The largest absolute Gasteiger partial charge is 0.476 e. The van der Waals surface area contributed by atoms with Gasteiger partial charge in [0.15, 0.2) is 6.10 Å². The monoisotopic (exact) mass is 493 g/mol. The quantitative estimate of drug-likeness (QED) is 0.568. The minimum Gasteiger partial charge on any atom is -0.476 e. The number of sulfonamides is 1. The van der Waals surface area contributed by atoms with Crippen molar-refractivity contribution < 1.29 is 22.7 Å². The van der Waals surface area contributed by atoms with E-state index >= 15 is 0 Å². The SMILES string of the molecule is O=C(NCc1ccc(N2CCOCC2)cc1)[C@H]1CN(S(=O)(=O)c2ccccc2)c2ccccc2O1. The molecule has 0 saturated carbocycles. The lowest BCUT2D eigenvalue weighted by Crippen LogP contribution is -2.50. The van der Waals surface area contributed by atoms with Gasteiger partial charge >= 0.3 is 0 Å². The number of benzene rings is 3. The zero-order valence-electron chi connectivity index (χ0n) is 19.2. The Morgan fingerprint density at radius 3 is 2.34 bits per heavy atom. The number of rotatable bonds is 6. The van der Waals surface area contributed by atoms with Gasteiger partial charge in [-0.05, 0) is 42.0 Å². The van der Waals surface area contributed by atoms with Gasteiger partial charge < -0.3 is 19.7 Å². The summed E-state index contributed by atoms with van der Waals surface area (Å²) in [7, 11) is -3.86. The van der Waals surface area contributed by atoms with Crippen LogP contribution in [0.3, 0.4) is 0 Å². The minimum atomic E-state index is -3.86. The van der Waals surface area contributed by atoms with Crippen LogP contribution < -0.4 is 19.3 Å². The zero-order chi connectivity index (χ0) is 24.3. The third-order valence-corrected chi connectivity index (χ3v) is 7.93. The number of hydrogen-bond donors (Lipinski definition) is 1. The first kappa shape index (κ1) is 23.2. The molecular formula is C26H27N3O5S. The molecule has 1 amide bonds. The van der Waals surface area contributed by atoms with E-state index in [4.69, 9.17) is 9.47 Å². The normalized spacial score (nSPS) is 17.9. The maximum Gasteiger partial charge on any atom is 0.264 e. The molecule has 2 aliphatic rings. The molecule has 8 nitrogen and oxygen atoms in total. The molecule has 1 atom stereocenters. The molecule has 0 aliphatic carbocycles.